The number of amidine groups is 1. The van der Waals surface area contributed by atoms with E-state index >= 15 is 0 Å². The standard InChI is InChI=1S/C27H33N9O3/c1-5-38-22-15-19(9-12-21(22)39-17(2)16-35(3)4)23(32-20-10-7-18(8-11-20)24(28)29)25-33-27(37)36(34-25)26-30-13-6-14-31-26/h6-15,17,23,32H,5,16H2,1-4H3,(H3,28,29)(H,33,34,37). The lowest BCUT2D eigenvalue weighted by Gasteiger charge is -2.23. The number of nitrogen functional groups attached to an aromatic ring is 1. The number of ether oxygens (including phenoxy) is 2. The molecule has 0 aliphatic carbocycles. The average molecular weight is 532 g/mol. The Balaban J connectivity index is 1.75. The van der Waals surface area contributed by atoms with Crippen molar-refractivity contribution in [1.29, 1.82) is 5.41 Å². The van der Waals surface area contributed by atoms with Crippen molar-refractivity contribution in [3.05, 3.63) is 88.4 Å². The van der Waals surface area contributed by atoms with Gasteiger partial charge in [0.25, 0.3) is 5.95 Å². The van der Waals surface area contributed by atoms with Gasteiger partial charge in [-0.3, -0.25) is 10.4 Å². The maximum absolute atomic E-state index is 12.8. The van der Waals surface area contributed by atoms with Crippen molar-refractivity contribution in [3.63, 3.8) is 0 Å². The van der Waals surface area contributed by atoms with Gasteiger partial charge in [0, 0.05) is 30.2 Å². The summed E-state index contributed by atoms with van der Waals surface area (Å²) >= 11 is 0. The van der Waals surface area contributed by atoms with Crippen LogP contribution < -0.4 is 26.2 Å². The summed E-state index contributed by atoms with van der Waals surface area (Å²) in [4.78, 5) is 26.0. The summed E-state index contributed by atoms with van der Waals surface area (Å²) in [6, 6.07) is 13.8. The summed E-state index contributed by atoms with van der Waals surface area (Å²) < 4.78 is 13.2. The third-order valence-corrected chi connectivity index (χ3v) is 5.71. The van der Waals surface area contributed by atoms with Crippen LogP contribution in [0.5, 0.6) is 11.5 Å². The Morgan fingerprint density at radius 3 is 2.51 bits per heavy atom. The van der Waals surface area contributed by atoms with E-state index in [2.05, 4.69) is 30.3 Å². The van der Waals surface area contributed by atoms with E-state index in [1.807, 2.05) is 58.3 Å². The van der Waals surface area contributed by atoms with Gasteiger partial charge in [0.15, 0.2) is 17.3 Å². The molecule has 4 aromatic rings. The van der Waals surface area contributed by atoms with Gasteiger partial charge in [0.05, 0.1) is 6.61 Å². The molecule has 204 valence electrons. The Hall–Kier alpha value is -4.71. The fraction of sp³-hybridized carbons (Fsp3) is 0.296. The summed E-state index contributed by atoms with van der Waals surface area (Å²) in [6.45, 7) is 5.10. The predicted molar refractivity (Wildman–Crippen MR) is 149 cm³/mol. The first-order chi connectivity index (χ1) is 18.7. The van der Waals surface area contributed by atoms with Gasteiger partial charge in [-0.05, 0) is 76.0 Å². The number of anilines is 1. The van der Waals surface area contributed by atoms with E-state index in [9.17, 15) is 4.79 Å². The quantitative estimate of drug-likeness (QED) is 0.159. The summed E-state index contributed by atoms with van der Waals surface area (Å²) in [5.74, 6) is 1.68. The number of H-pyrrole nitrogens is 1. The molecule has 0 spiro atoms. The number of likely N-dealkylation sites (N-methyl/N-ethyl adjacent to an activating group) is 1. The predicted octanol–water partition coefficient (Wildman–Crippen LogP) is 2.56. The van der Waals surface area contributed by atoms with Gasteiger partial charge < -0.3 is 25.4 Å². The molecule has 0 bridgehead atoms. The third kappa shape index (κ3) is 6.79. The zero-order valence-electron chi connectivity index (χ0n) is 22.4. The van der Waals surface area contributed by atoms with Gasteiger partial charge in [-0.15, -0.1) is 9.78 Å². The van der Waals surface area contributed by atoms with Crippen LogP contribution in [0.1, 0.15) is 36.8 Å². The van der Waals surface area contributed by atoms with Crippen molar-refractivity contribution in [2.45, 2.75) is 26.0 Å². The highest BCUT2D eigenvalue weighted by molar-refractivity contribution is 5.95. The SMILES string of the molecule is CCOc1cc(C(Nc2ccc(C(=N)N)cc2)c2nn(-c3ncccn3)c(=O)[nH]2)ccc1OC(C)CN(C)C. The molecule has 12 nitrogen and oxygen atoms in total. The first-order valence-electron chi connectivity index (χ1n) is 12.5. The highest BCUT2D eigenvalue weighted by Crippen LogP contribution is 2.34. The number of nitrogens with zero attached hydrogens (tertiary/aromatic N) is 5. The lowest BCUT2D eigenvalue weighted by Crippen LogP contribution is -2.28. The van der Waals surface area contributed by atoms with Crippen molar-refractivity contribution >= 4 is 11.5 Å². The maximum atomic E-state index is 12.8. The largest absolute Gasteiger partial charge is 0.490 e. The van der Waals surface area contributed by atoms with Crippen LogP contribution in [0.15, 0.2) is 65.7 Å². The zero-order chi connectivity index (χ0) is 27.9. The molecule has 0 amide bonds. The zero-order valence-corrected chi connectivity index (χ0v) is 22.4. The smallest absolute Gasteiger partial charge is 0.350 e. The molecule has 2 heterocycles. The summed E-state index contributed by atoms with van der Waals surface area (Å²) in [6.07, 6.45) is 3.02. The first kappa shape index (κ1) is 27.3. The van der Waals surface area contributed by atoms with Gasteiger partial charge in [-0.1, -0.05) is 6.07 Å². The Labute approximate surface area is 226 Å². The van der Waals surface area contributed by atoms with E-state index in [0.717, 1.165) is 22.5 Å². The molecule has 2 atom stereocenters. The van der Waals surface area contributed by atoms with Crippen molar-refractivity contribution in [1.82, 2.24) is 29.6 Å². The summed E-state index contributed by atoms with van der Waals surface area (Å²) in [5, 5.41) is 15.6. The normalized spacial score (nSPS) is 12.6. The van der Waals surface area contributed by atoms with Crippen molar-refractivity contribution in [2.75, 3.05) is 32.6 Å². The van der Waals surface area contributed by atoms with Gasteiger partial charge in [0.2, 0.25) is 0 Å². The highest BCUT2D eigenvalue weighted by atomic mass is 16.5. The number of nitrogens with two attached hydrogens (primary N) is 1. The van der Waals surface area contributed by atoms with E-state index < -0.39 is 11.7 Å². The summed E-state index contributed by atoms with van der Waals surface area (Å²) in [5.41, 5.74) is 7.24. The van der Waals surface area contributed by atoms with Gasteiger partial charge >= 0.3 is 5.69 Å². The molecule has 4 rings (SSSR count). The van der Waals surface area contributed by atoms with Crippen molar-refractivity contribution in [3.8, 4) is 17.4 Å². The lowest BCUT2D eigenvalue weighted by atomic mass is 10.0. The van der Waals surface area contributed by atoms with E-state index in [1.165, 1.54) is 0 Å². The molecule has 2 aromatic heterocycles. The molecule has 0 saturated heterocycles. The third-order valence-electron chi connectivity index (χ3n) is 5.71. The van der Waals surface area contributed by atoms with E-state index in [4.69, 9.17) is 20.6 Å². The minimum atomic E-state index is -0.585. The number of hydrogen-bond donors (Lipinski definition) is 4. The minimum absolute atomic E-state index is 0.0236. The van der Waals surface area contributed by atoms with Gasteiger partial charge in [-0.2, -0.15) is 0 Å². The molecule has 0 radical (unpaired) electrons. The Kier molecular flexibility index (Phi) is 8.56. The van der Waals surface area contributed by atoms with E-state index in [-0.39, 0.29) is 17.9 Å². The monoisotopic (exact) mass is 531 g/mol. The Morgan fingerprint density at radius 1 is 1.15 bits per heavy atom. The van der Waals surface area contributed by atoms with Crippen LogP contribution in [-0.4, -0.2) is 68.8 Å². The molecular weight excluding hydrogens is 498 g/mol. The highest BCUT2D eigenvalue weighted by Gasteiger charge is 2.23. The molecule has 2 unspecified atom stereocenters. The molecule has 0 saturated carbocycles. The van der Waals surface area contributed by atoms with Crippen LogP contribution in [0.2, 0.25) is 0 Å². The number of aromatic nitrogens is 5. The average Bonchev–Trinajstić information content (AvgIpc) is 3.30. The molecule has 2 aromatic carbocycles. The number of aromatic amines is 1. The van der Waals surface area contributed by atoms with Crippen LogP contribution in [0, 0.1) is 5.41 Å². The fourth-order valence-corrected chi connectivity index (χ4v) is 4.07. The first-order valence-corrected chi connectivity index (χ1v) is 12.5. The van der Waals surface area contributed by atoms with Crippen LogP contribution >= 0.6 is 0 Å². The molecule has 39 heavy (non-hydrogen) atoms. The van der Waals surface area contributed by atoms with Crippen LogP contribution in [0.4, 0.5) is 5.69 Å². The number of hydrogen-bond acceptors (Lipinski definition) is 9. The van der Waals surface area contributed by atoms with Crippen LogP contribution in [0.3, 0.4) is 0 Å². The van der Waals surface area contributed by atoms with Crippen molar-refractivity contribution in [2.24, 2.45) is 5.73 Å². The molecule has 0 fully saturated rings. The second kappa shape index (κ2) is 12.2. The topological polar surface area (TPSA) is 160 Å². The molecule has 12 heteroatoms. The molecule has 0 aliphatic heterocycles. The van der Waals surface area contributed by atoms with Crippen LogP contribution in [-0.2, 0) is 0 Å². The number of nitrogens with one attached hydrogen (secondary N) is 3. The van der Waals surface area contributed by atoms with Gasteiger partial charge in [-0.25, -0.2) is 14.8 Å². The van der Waals surface area contributed by atoms with Crippen LogP contribution in [0.25, 0.3) is 5.95 Å². The van der Waals surface area contributed by atoms with Crippen molar-refractivity contribution < 1.29 is 9.47 Å². The Morgan fingerprint density at radius 2 is 1.87 bits per heavy atom. The second-order valence-electron chi connectivity index (χ2n) is 9.17. The molecule has 0 aliphatic rings. The number of benzene rings is 2. The lowest BCUT2D eigenvalue weighted by molar-refractivity contribution is 0.168. The number of rotatable bonds is 12. The fourth-order valence-electron chi connectivity index (χ4n) is 4.07. The second-order valence-corrected chi connectivity index (χ2v) is 9.17. The van der Waals surface area contributed by atoms with Gasteiger partial charge in [0.1, 0.15) is 18.0 Å². The Bertz CT molecular complexity index is 1450. The van der Waals surface area contributed by atoms with E-state index in [0.29, 0.717) is 29.5 Å². The maximum Gasteiger partial charge on any atom is 0.350 e. The molecule has 5 N–H and O–H groups in total. The minimum Gasteiger partial charge on any atom is -0.490 e. The van der Waals surface area contributed by atoms with E-state index in [1.54, 1.807) is 30.6 Å². The molecular formula is C27H33N9O3. The summed E-state index contributed by atoms with van der Waals surface area (Å²) in [7, 11) is 3.98.